The van der Waals surface area contributed by atoms with Crippen LogP contribution < -0.4 is 39.6 Å². The van der Waals surface area contributed by atoms with Crippen molar-refractivity contribution >= 4 is 68.3 Å². The number of H-pyrrole nitrogens is 3. The number of hydrogen-bond donors (Lipinski definition) is 19. The molecule has 12 heterocycles. The van der Waals surface area contributed by atoms with Gasteiger partial charge in [0.2, 0.25) is 17.8 Å². The Morgan fingerprint density at radius 2 is 0.658 bits per heavy atom. The Hall–Kier alpha value is -7.84. The maximum atomic E-state index is 11.7. The lowest BCUT2D eigenvalue weighted by molar-refractivity contribution is -0.0511. The van der Waals surface area contributed by atoms with E-state index >= 15 is 0 Å². The Morgan fingerprint density at radius 3 is 0.924 bits per heavy atom. The number of nitrogen functional groups attached to an aromatic ring is 4. The summed E-state index contributed by atoms with van der Waals surface area (Å²) in [5, 5.41) is 115. The first kappa shape index (κ1) is 55.9. The Kier molecular flexibility index (Phi) is 15.9. The molecular weight excluding hydrogens is 1060 g/mol. The van der Waals surface area contributed by atoms with Gasteiger partial charge >= 0.3 is 0 Å². The predicted molar refractivity (Wildman–Crippen MR) is 259 cm³/mol. The van der Waals surface area contributed by atoms with Gasteiger partial charge in [0.1, 0.15) is 85.1 Å². The maximum Gasteiger partial charge on any atom is 0.280 e. The number of nitrogens with one attached hydrogen (secondary N) is 3. The summed E-state index contributed by atoms with van der Waals surface area (Å²) < 4.78 is 26.8. The number of nitrogens with zero attached hydrogens (tertiary/aromatic N) is 13. The lowest BCUT2D eigenvalue weighted by Gasteiger charge is -2.16. The number of nitrogens with two attached hydrogens (primary N) is 4. The number of aromatic nitrogens is 16. The van der Waals surface area contributed by atoms with Crippen molar-refractivity contribution in [2.45, 2.75) is 98.2 Å². The number of aliphatic hydroxyl groups is 12. The molecule has 0 radical (unpaired) electrons. The third-order valence-corrected chi connectivity index (χ3v) is 12.9. The van der Waals surface area contributed by atoms with Crippen LogP contribution in [0.3, 0.4) is 0 Å². The van der Waals surface area contributed by atoms with Crippen molar-refractivity contribution in [3.8, 4) is 0 Å². The van der Waals surface area contributed by atoms with Crippen molar-refractivity contribution in [1.82, 2.24) is 78.1 Å². The molecule has 0 saturated carbocycles. The second-order valence-corrected chi connectivity index (χ2v) is 17.8. The third-order valence-electron chi connectivity index (χ3n) is 12.9. The predicted octanol–water partition coefficient (Wildman–Crippen LogP) is -10.0. The number of hydrogen-bond acceptors (Lipinski definition) is 32. The molecular formula is C40H52N20O19. The van der Waals surface area contributed by atoms with Crippen molar-refractivity contribution in [3.05, 3.63) is 62.7 Å². The molecule has 8 aromatic heterocycles. The summed E-state index contributed by atoms with van der Waals surface area (Å²) in [7, 11) is 0. The summed E-state index contributed by atoms with van der Waals surface area (Å²) in [4.78, 5) is 77.2. The fourth-order valence-corrected chi connectivity index (χ4v) is 8.88. The molecule has 4 saturated heterocycles. The fraction of sp³-hybridized carbons (Fsp3) is 0.500. The van der Waals surface area contributed by atoms with E-state index in [1.807, 2.05) is 0 Å². The van der Waals surface area contributed by atoms with Crippen LogP contribution in [-0.2, 0) is 18.9 Å². The second-order valence-electron chi connectivity index (χ2n) is 17.8. The molecule has 12 rings (SSSR count). The molecule has 4 aliphatic rings. The van der Waals surface area contributed by atoms with Crippen LogP contribution in [0.1, 0.15) is 24.9 Å². The zero-order valence-corrected chi connectivity index (χ0v) is 40.3. The van der Waals surface area contributed by atoms with Gasteiger partial charge in [-0.25, -0.2) is 29.9 Å². The number of aromatic amines is 3. The minimum Gasteiger partial charge on any atom is -0.394 e. The third kappa shape index (κ3) is 10.3. The smallest absolute Gasteiger partial charge is 0.280 e. The van der Waals surface area contributed by atoms with Crippen molar-refractivity contribution in [1.29, 1.82) is 0 Å². The number of imidazole rings is 4. The first-order chi connectivity index (χ1) is 37.7. The van der Waals surface area contributed by atoms with E-state index in [1.54, 1.807) is 0 Å². The highest BCUT2D eigenvalue weighted by atomic mass is 16.6. The quantitative estimate of drug-likeness (QED) is 0.0672. The minimum absolute atomic E-state index is 0.0388. The van der Waals surface area contributed by atoms with Crippen molar-refractivity contribution in [2.24, 2.45) is 0 Å². The van der Waals surface area contributed by atoms with E-state index < -0.39 is 141 Å². The van der Waals surface area contributed by atoms with Gasteiger partial charge in [-0.3, -0.25) is 47.6 Å². The normalized spacial score (nSPS) is 30.4. The molecule has 0 unspecified atom stereocenters. The van der Waals surface area contributed by atoms with Crippen LogP contribution in [0.15, 0.2) is 46.0 Å². The highest BCUT2D eigenvalue weighted by Crippen LogP contribution is 2.35. The zero-order valence-electron chi connectivity index (χ0n) is 40.3. The summed E-state index contributed by atoms with van der Waals surface area (Å²) >= 11 is 0. The summed E-state index contributed by atoms with van der Waals surface area (Å²) in [6, 6.07) is 0. The standard InChI is InChI=1S/3C10H13N5O5.C10H13N5O4/c3*11-10-13-7-4(8(19)14-10)12-2-15(7)9-6(18)5(17)3(1-16)20-9;11-8-5-9(13-2-12-8)15(3-14-5)10-7(18)6(17)4(1-16)19-10/h3*2-3,5-6,9,16-18H,1H2,(H3,11,13,14,19);2-4,6-7,10,16-18H,1H2,(H2,11,12,13)/t3*3-,5-,6-,9-;4-,6-,7-,10-/m1111/s1. The van der Waals surface area contributed by atoms with E-state index in [0.717, 1.165) is 0 Å². The van der Waals surface area contributed by atoms with Gasteiger partial charge in [0.15, 0.2) is 69.9 Å². The number of fused-ring (bicyclic) bond motifs is 4. The molecule has 0 amide bonds. The minimum atomic E-state index is -1.29. The van der Waals surface area contributed by atoms with Crippen LogP contribution in [0.4, 0.5) is 23.7 Å². The molecule has 16 atom stereocenters. The summed E-state index contributed by atoms with van der Waals surface area (Å²) in [6.07, 6.45) is -11.1. The topological polar surface area (TPSA) is 618 Å². The van der Waals surface area contributed by atoms with Gasteiger partial charge in [-0.2, -0.15) is 15.0 Å². The maximum absolute atomic E-state index is 11.7. The fourth-order valence-electron chi connectivity index (χ4n) is 8.88. The van der Waals surface area contributed by atoms with Gasteiger partial charge in [-0.15, -0.1) is 0 Å². The average Bonchev–Trinajstić information content (AvgIpc) is 4.39. The van der Waals surface area contributed by atoms with Crippen LogP contribution in [0, 0.1) is 0 Å². The molecule has 79 heavy (non-hydrogen) atoms. The summed E-state index contributed by atoms with van der Waals surface area (Å²) in [5.41, 5.74) is 21.8. The highest BCUT2D eigenvalue weighted by molar-refractivity contribution is 5.81. The van der Waals surface area contributed by atoms with E-state index in [1.165, 1.54) is 49.9 Å². The molecule has 0 bridgehead atoms. The van der Waals surface area contributed by atoms with Crippen LogP contribution in [0.25, 0.3) is 44.7 Å². The largest absolute Gasteiger partial charge is 0.394 e. The first-order valence-electron chi connectivity index (χ1n) is 23.3. The number of rotatable bonds is 8. The molecule has 0 aromatic carbocycles. The lowest BCUT2D eigenvalue weighted by atomic mass is 10.1. The van der Waals surface area contributed by atoms with E-state index in [4.69, 9.17) is 62.3 Å². The van der Waals surface area contributed by atoms with Gasteiger partial charge in [0.25, 0.3) is 16.7 Å². The molecule has 39 heteroatoms. The van der Waals surface area contributed by atoms with Gasteiger partial charge in [0, 0.05) is 0 Å². The van der Waals surface area contributed by atoms with Gasteiger partial charge in [-0.1, -0.05) is 0 Å². The molecule has 4 fully saturated rings. The van der Waals surface area contributed by atoms with Crippen molar-refractivity contribution < 1.29 is 80.2 Å². The molecule has 4 aliphatic heterocycles. The Labute approximate surface area is 436 Å². The highest BCUT2D eigenvalue weighted by Gasteiger charge is 2.47. The number of aliphatic hydroxyl groups excluding tert-OH is 12. The summed E-state index contributed by atoms with van der Waals surface area (Å²) in [5.74, 6) is -0.0847. The SMILES string of the molecule is Nc1nc2c(ncn2[C@@H]2O[C@H](CO)[C@@H](O)[C@H]2O)c(=O)[nH]1.Nc1nc2c(ncn2[C@@H]2O[C@H](CO)[C@@H](O)[C@H]2O)c(=O)[nH]1.Nc1nc2c(ncn2[C@@H]2O[C@H](CO)[C@@H](O)[C@H]2O)c(=O)[nH]1.Nc1ncnc2c1ncn2[C@@H]1O[C@H](CO)[C@@H](O)[C@H]1O. The van der Waals surface area contributed by atoms with E-state index in [0.29, 0.717) is 11.2 Å². The van der Waals surface area contributed by atoms with Gasteiger partial charge in [-0.05, 0) is 0 Å². The van der Waals surface area contributed by atoms with Crippen molar-refractivity contribution in [2.75, 3.05) is 49.4 Å². The molecule has 426 valence electrons. The number of anilines is 4. The van der Waals surface area contributed by atoms with E-state index in [2.05, 4.69) is 59.8 Å². The van der Waals surface area contributed by atoms with E-state index in [-0.39, 0.29) is 57.2 Å². The van der Waals surface area contributed by atoms with Crippen LogP contribution in [0.5, 0.6) is 0 Å². The summed E-state index contributed by atoms with van der Waals surface area (Å²) in [6.45, 7) is -1.73. The molecule has 0 spiro atoms. The second kappa shape index (κ2) is 22.5. The van der Waals surface area contributed by atoms with Crippen LogP contribution in [0.2, 0.25) is 0 Å². The molecule has 8 aromatic rings. The van der Waals surface area contributed by atoms with Gasteiger partial charge in [0.05, 0.1) is 51.7 Å². The molecule has 23 N–H and O–H groups in total. The lowest BCUT2D eigenvalue weighted by Crippen LogP contribution is -2.33. The van der Waals surface area contributed by atoms with E-state index in [9.17, 15) is 55.2 Å². The van der Waals surface area contributed by atoms with Crippen molar-refractivity contribution in [3.63, 3.8) is 0 Å². The average molecular weight is 1120 g/mol. The Balaban J connectivity index is 0.000000128. The molecule has 39 nitrogen and oxygen atoms in total. The monoisotopic (exact) mass is 1120 g/mol. The molecule has 0 aliphatic carbocycles. The number of ether oxygens (including phenoxy) is 4. The first-order valence-corrected chi connectivity index (χ1v) is 23.3. The Bertz CT molecular complexity index is 3340. The zero-order chi connectivity index (χ0) is 56.9. The van der Waals surface area contributed by atoms with Crippen LogP contribution in [-0.4, -0.2) is 239 Å². The Morgan fingerprint density at radius 1 is 0.392 bits per heavy atom. The van der Waals surface area contributed by atoms with Crippen LogP contribution >= 0.6 is 0 Å². The van der Waals surface area contributed by atoms with Gasteiger partial charge < -0.3 is 103 Å².